The quantitative estimate of drug-likeness (QED) is 0.314. The number of nitrogens with zero attached hydrogens (tertiary/aromatic N) is 7. The number of carbonyl (C=O) groups is 1. The molecule has 11 nitrogen and oxygen atoms in total. The molecule has 3 aromatic heterocycles. The average Bonchev–Trinajstić information content (AvgIpc) is 3.65. The molecular weight excluding hydrogens is 563 g/mol. The molecule has 5 heterocycles. The Bertz CT molecular complexity index is 1730. The van der Waals surface area contributed by atoms with Crippen molar-refractivity contribution in [3.63, 3.8) is 0 Å². The first-order chi connectivity index (χ1) is 20.4. The van der Waals surface area contributed by atoms with E-state index in [2.05, 4.69) is 32.7 Å². The van der Waals surface area contributed by atoms with Gasteiger partial charge >= 0.3 is 0 Å². The third kappa shape index (κ3) is 4.95. The highest BCUT2D eigenvalue weighted by atomic mass is 35.5. The number of amides is 1. The van der Waals surface area contributed by atoms with Gasteiger partial charge in [-0.3, -0.25) is 9.89 Å². The zero-order valence-corrected chi connectivity index (χ0v) is 23.7. The number of likely N-dealkylation sites (N-methyl/N-ethyl adjacent to an activating group) is 1. The number of ether oxygens (including phenoxy) is 2. The van der Waals surface area contributed by atoms with Gasteiger partial charge in [0.25, 0.3) is 0 Å². The number of carbonyl (C=O) groups excluding carboxylic acids is 1. The van der Waals surface area contributed by atoms with Crippen LogP contribution in [0.25, 0.3) is 21.8 Å². The summed E-state index contributed by atoms with van der Waals surface area (Å²) in [5, 5.41) is 17.9. The van der Waals surface area contributed by atoms with Gasteiger partial charge in [0.2, 0.25) is 17.7 Å². The Morgan fingerprint density at radius 2 is 2.10 bits per heavy atom. The van der Waals surface area contributed by atoms with E-state index in [1.165, 1.54) is 24.5 Å². The minimum absolute atomic E-state index is 0.0414. The summed E-state index contributed by atoms with van der Waals surface area (Å²) in [6.07, 6.45) is 6.37. The van der Waals surface area contributed by atoms with Crippen LogP contribution in [0.3, 0.4) is 0 Å². The van der Waals surface area contributed by atoms with Gasteiger partial charge < -0.3 is 24.2 Å². The van der Waals surface area contributed by atoms with Crippen molar-refractivity contribution in [2.24, 2.45) is 0 Å². The lowest BCUT2D eigenvalue weighted by Crippen LogP contribution is -2.48. The number of aromatic nitrogens is 4. The predicted molar refractivity (Wildman–Crippen MR) is 156 cm³/mol. The monoisotopic (exact) mass is 590 g/mol. The first-order valence-corrected chi connectivity index (χ1v) is 14.0. The Hall–Kier alpha value is -4.47. The van der Waals surface area contributed by atoms with Crippen LogP contribution < -0.4 is 14.4 Å². The second kappa shape index (κ2) is 11.4. The number of hydrogen-bond donors (Lipinski definition) is 1. The maximum atomic E-state index is 14.7. The van der Waals surface area contributed by atoms with Crippen molar-refractivity contribution in [2.75, 3.05) is 51.3 Å². The highest BCUT2D eigenvalue weighted by Gasteiger charge is 2.29. The number of nitrogens with one attached hydrogen (secondary N) is 1. The fraction of sp³-hybridized carbons (Fsp3) is 0.345. The van der Waals surface area contributed by atoms with Crippen LogP contribution in [0.2, 0.25) is 5.02 Å². The van der Waals surface area contributed by atoms with Crippen molar-refractivity contribution in [3.8, 4) is 23.6 Å². The number of H-pyrrole nitrogens is 1. The number of anilines is 1. The van der Waals surface area contributed by atoms with Crippen molar-refractivity contribution in [2.45, 2.75) is 18.9 Å². The zero-order valence-electron chi connectivity index (χ0n) is 22.9. The van der Waals surface area contributed by atoms with Crippen LogP contribution in [0.15, 0.2) is 37.2 Å². The topological polar surface area (TPSA) is 124 Å². The second-order valence-electron chi connectivity index (χ2n) is 10.3. The van der Waals surface area contributed by atoms with E-state index in [9.17, 15) is 14.4 Å². The van der Waals surface area contributed by atoms with Crippen LogP contribution >= 0.6 is 11.6 Å². The smallest absolute Gasteiger partial charge is 0.246 e. The van der Waals surface area contributed by atoms with Gasteiger partial charge in [0.15, 0.2) is 5.75 Å². The first kappa shape index (κ1) is 27.7. The molecular formula is C29H28ClFN8O3. The summed E-state index contributed by atoms with van der Waals surface area (Å²) in [5.74, 6) is -0.560. The number of fused-ring (bicyclic) bond motifs is 2. The highest BCUT2D eigenvalue weighted by Crippen LogP contribution is 2.42. The fourth-order valence-electron chi connectivity index (χ4n) is 5.58. The van der Waals surface area contributed by atoms with Crippen LogP contribution in [0.5, 0.6) is 17.5 Å². The minimum Gasteiger partial charge on any atom is -0.475 e. The maximum Gasteiger partial charge on any atom is 0.246 e. The summed E-state index contributed by atoms with van der Waals surface area (Å²) in [6, 6.07) is 5.49. The lowest BCUT2D eigenvalue weighted by molar-refractivity contribution is -0.126. The van der Waals surface area contributed by atoms with Gasteiger partial charge in [-0.15, -0.1) is 0 Å². The van der Waals surface area contributed by atoms with Crippen molar-refractivity contribution >= 4 is 45.0 Å². The van der Waals surface area contributed by atoms with E-state index in [-0.39, 0.29) is 40.0 Å². The van der Waals surface area contributed by atoms with Crippen LogP contribution in [0.4, 0.5) is 10.1 Å². The number of hydrogen-bond acceptors (Lipinski definition) is 9. The van der Waals surface area contributed by atoms with Gasteiger partial charge in [0, 0.05) is 49.9 Å². The number of rotatable bonds is 7. The average molecular weight is 591 g/mol. The van der Waals surface area contributed by atoms with Crippen molar-refractivity contribution < 1.29 is 18.7 Å². The lowest BCUT2D eigenvalue weighted by atomic mass is 10.1. The molecule has 6 rings (SSSR count). The van der Waals surface area contributed by atoms with E-state index >= 15 is 0 Å². The third-order valence-corrected chi connectivity index (χ3v) is 8.23. The molecule has 2 aliphatic heterocycles. The molecule has 2 fully saturated rings. The standard InChI is InChI=1S/C29H28ClFN8O3/c1-3-23(40)38-9-11-39(12-10-38)26-18-6-7-33-29(42-27-20-15-34-36-22(20)13-21(31)24(27)30)25(18)35-28(19(26)14-32)41-16-17-5-4-8-37(17)2/h3,6-7,13,15,17H,1,4-5,8-12,16H2,2H3,(H,34,36). The molecule has 1 N–H and O–H groups in total. The van der Waals surface area contributed by atoms with Crippen LogP contribution in [-0.2, 0) is 4.79 Å². The number of aromatic amines is 1. The highest BCUT2D eigenvalue weighted by molar-refractivity contribution is 6.33. The molecule has 1 atom stereocenters. The van der Waals surface area contributed by atoms with Gasteiger partial charge in [-0.2, -0.15) is 10.4 Å². The normalized spacial score (nSPS) is 17.5. The maximum absolute atomic E-state index is 14.7. The zero-order chi connectivity index (χ0) is 29.4. The van der Waals surface area contributed by atoms with Gasteiger partial charge in [0.05, 0.1) is 22.8 Å². The number of nitriles is 1. The molecule has 0 saturated carbocycles. The molecule has 0 bridgehead atoms. The van der Waals surface area contributed by atoms with Crippen LogP contribution in [0, 0.1) is 17.1 Å². The molecule has 4 aromatic rings. The molecule has 0 aliphatic carbocycles. The van der Waals surface area contributed by atoms with Gasteiger partial charge in [-0.1, -0.05) is 18.2 Å². The Kier molecular flexibility index (Phi) is 7.53. The van der Waals surface area contributed by atoms with E-state index in [0.717, 1.165) is 19.4 Å². The largest absolute Gasteiger partial charge is 0.475 e. The van der Waals surface area contributed by atoms with E-state index in [1.807, 2.05) is 11.9 Å². The molecule has 1 aromatic carbocycles. The number of likely N-dealkylation sites (tertiary alicyclic amines) is 1. The number of pyridine rings is 2. The molecule has 0 radical (unpaired) electrons. The molecule has 42 heavy (non-hydrogen) atoms. The first-order valence-electron chi connectivity index (χ1n) is 13.6. The van der Waals surface area contributed by atoms with E-state index < -0.39 is 5.82 Å². The summed E-state index contributed by atoms with van der Waals surface area (Å²) in [7, 11) is 2.05. The van der Waals surface area contributed by atoms with Crippen molar-refractivity contribution in [3.05, 3.63) is 53.6 Å². The third-order valence-electron chi connectivity index (χ3n) is 7.88. The number of benzene rings is 1. The SMILES string of the molecule is C=CC(=O)N1CCN(c2c(C#N)c(OCC3CCCN3C)nc3c(Oc4c(Cl)c(F)cc5[nH]ncc45)nccc23)CC1. The molecule has 13 heteroatoms. The van der Waals surface area contributed by atoms with Crippen molar-refractivity contribution in [1.29, 1.82) is 5.26 Å². The minimum atomic E-state index is -0.680. The van der Waals surface area contributed by atoms with Crippen LogP contribution in [-0.4, -0.2) is 88.3 Å². The van der Waals surface area contributed by atoms with Gasteiger partial charge in [0.1, 0.15) is 34.6 Å². The lowest BCUT2D eigenvalue weighted by Gasteiger charge is -2.36. The summed E-state index contributed by atoms with van der Waals surface area (Å²) < 4.78 is 27.1. The Morgan fingerprint density at radius 3 is 2.81 bits per heavy atom. The summed E-state index contributed by atoms with van der Waals surface area (Å²) in [6.45, 7) is 6.77. The van der Waals surface area contributed by atoms with E-state index in [4.69, 9.17) is 26.1 Å². The van der Waals surface area contributed by atoms with Gasteiger partial charge in [-0.25, -0.2) is 14.4 Å². The predicted octanol–water partition coefficient (Wildman–Crippen LogP) is 4.27. The van der Waals surface area contributed by atoms with Crippen molar-refractivity contribution in [1.82, 2.24) is 30.0 Å². The van der Waals surface area contributed by atoms with Crippen LogP contribution in [0.1, 0.15) is 18.4 Å². The van der Waals surface area contributed by atoms with E-state index in [0.29, 0.717) is 60.3 Å². The molecule has 0 spiro atoms. The fourth-order valence-corrected chi connectivity index (χ4v) is 5.78. The summed E-state index contributed by atoms with van der Waals surface area (Å²) >= 11 is 6.34. The summed E-state index contributed by atoms with van der Waals surface area (Å²) in [4.78, 5) is 27.4. The Balaban J connectivity index is 1.47. The molecule has 216 valence electrons. The van der Waals surface area contributed by atoms with E-state index in [1.54, 1.807) is 11.0 Å². The molecule has 1 amide bonds. The van der Waals surface area contributed by atoms with Gasteiger partial charge in [-0.05, 0) is 38.6 Å². The second-order valence-corrected chi connectivity index (χ2v) is 10.7. The summed E-state index contributed by atoms with van der Waals surface area (Å²) in [5.41, 5.74) is 1.62. The Labute approximate surface area is 246 Å². The Morgan fingerprint density at radius 1 is 1.29 bits per heavy atom. The number of piperazine rings is 1. The molecule has 2 aliphatic rings. The number of halogens is 2. The molecule has 2 saturated heterocycles. The molecule has 1 unspecified atom stereocenters.